The molecule has 2 heterocycles. The van der Waals surface area contributed by atoms with Gasteiger partial charge in [0.25, 0.3) is 0 Å². The van der Waals surface area contributed by atoms with Crippen molar-refractivity contribution in [1.29, 1.82) is 0 Å². The number of carboxylic acid groups (broad SMARTS) is 4. The van der Waals surface area contributed by atoms with Crippen molar-refractivity contribution in [2.45, 2.75) is 144 Å². The summed E-state index contributed by atoms with van der Waals surface area (Å²) >= 11 is 1.41. The number of nitrogens with zero attached hydrogens (tertiary/aromatic N) is 2. The number of thioether (sulfide) groups is 1. The molecule has 32 nitrogen and oxygen atoms in total. The summed E-state index contributed by atoms with van der Waals surface area (Å²) < 4.78 is 0. The Bertz CT molecular complexity index is 2700. The average Bonchev–Trinajstić information content (AvgIpc) is 4.23. The highest BCUT2D eigenvalue weighted by atomic mass is 32.2. The lowest BCUT2D eigenvalue weighted by Crippen LogP contribution is -2.62. The SMILES string of the molecule is CSCC[C@H](N)C(=O)N[C@@H](CCC(=O)O)C(=O)N[C@@H](Cc1ccccc1)C(=O)N[C@@H](Cc1cnc[nH]1)C(=O)N[C@@H](CCC(N)=O)C(=O)N[C@@H](CCC(=O)O)C(=O)N[C@H](C(=O)N[C@@H](CCC(=O)O)C(=O)N[C@@H](Cc1cnc[nH]1)C(=O)O)[C@@H](C)O. The van der Waals surface area contributed by atoms with E-state index in [9.17, 15) is 87.9 Å². The van der Waals surface area contributed by atoms with Gasteiger partial charge in [-0.1, -0.05) is 30.3 Å². The first kappa shape index (κ1) is 68.3. The second kappa shape index (κ2) is 35.0. The van der Waals surface area contributed by atoms with Gasteiger partial charge in [-0.15, -0.1) is 0 Å². The number of primary amides is 1. The standard InChI is InChI=1S/C50H70N14O18S/c1-25(65)41(49(80)60-32(10-14-39(69)70)45(76)63-36(50(81)82)20-28-22-54-24-56-28)64-46(77)33(11-15-40(71)72)58-43(74)30(8-12-37(52)66)59-48(79)35(19-27-21-53-23-55-27)62-47(78)34(18-26-6-4-3-5-7-26)61-44(75)31(9-13-38(67)68)57-42(73)29(51)16-17-83-2/h3-7,21-25,29-36,41,65H,8-20,51H2,1-2H3,(H2,52,66)(H,53,55)(H,54,56)(H,57,73)(H,58,74)(H,59,79)(H,60,80)(H,61,75)(H,62,78)(H,63,76)(H,64,77)(H,67,68)(H,69,70)(H,71,72)(H,81,82)/t25-,29+,30+,31+,32+,33+,34+,35+,36+,41+/m1/s1. The van der Waals surface area contributed by atoms with Crippen LogP contribution in [0.2, 0.25) is 0 Å². The van der Waals surface area contributed by atoms with E-state index in [0.717, 1.165) is 6.92 Å². The highest BCUT2D eigenvalue weighted by Gasteiger charge is 2.37. The number of hydrogen-bond acceptors (Lipinski definition) is 18. The van der Waals surface area contributed by atoms with Crippen LogP contribution in [0.25, 0.3) is 0 Å². The molecule has 3 aromatic rings. The van der Waals surface area contributed by atoms with E-state index in [2.05, 4.69) is 62.5 Å². The molecule has 0 bridgehead atoms. The lowest BCUT2D eigenvalue weighted by atomic mass is 10.0. The van der Waals surface area contributed by atoms with E-state index in [4.69, 9.17) is 11.5 Å². The third kappa shape index (κ3) is 25.1. The van der Waals surface area contributed by atoms with Crippen molar-refractivity contribution in [1.82, 2.24) is 62.5 Å². The molecule has 0 unspecified atom stereocenters. The molecule has 0 saturated carbocycles. The van der Waals surface area contributed by atoms with Crippen LogP contribution in [0.15, 0.2) is 55.4 Å². The van der Waals surface area contributed by atoms with Crippen LogP contribution in [-0.4, -0.2) is 195 Å². The number of nitrogens with one attached hydrogen (secondary N) is 10. The Balaban J connectivity index is 1.95. The van der Waals surface area contributed by atoms with Crippen LogP contribution in [0.1, 0.15) is 81.7 Å². The summed E-state index contributed by atoms with van der Waals surface area (Å²) in [4.78, 5) is 183. The lowest BCUT2D eigenvalue weighted by molar-refractivity contribution is -0.143. The van der Waals surface area contributed by atoms with E-state index in [-0.39, 0.29) is 37.1 Å². The number of carbonyl (C=O) groups excluding carboxylic acids is 9. The van der Waals surface area contributed by atoms with Crippen LogP contribution in [0.4, 0.5) is 0 Å². The maximum absolute atomic E-state index is 14.4. The van der Waals surface area contributed by atoms with Crippen LogP contribution < -0.4 is 54.0 Å². The van der Waals surface area contributed by atoms with Gasteiger partial charge in [0, 0.05) is 68.7 Å². The first-order valence-electron chi connectivity index (χ1n) is 25.8. The molecule has 19 N–H and O–H groups in total. The molecule has 9 amide bonds. The van der Waals surface area contributed by atoms with Crippen molar-refractivity contribution in [2.75, 3.05) is 12.0 Å². The number of carbonyl (C=O) groups is 13. The summed E-state index contributed by atoms with van der Waals surface area (Å²) in [6.45, 7) is 1.02. The number of imidazole rings is 2. The summed E-state index contributed by atoms with van der Waals surface area (Å²) in [6.07, 6.45) is -0.731. The molecule has 0 fully saturated rings. The number of aliphatic hydroxyl groups excluding tert-OH is 1. The number of aliphatic hydroxyl groups is 1. The zero-order chi connectivity index (χ0) is 61.8. The molecule has 83 heavy (non-hydrogen) atoms. The number of amides is 9. The van der Waals surface area contributed by atoms with Crippen LogP contribution in [0, 0.1) is 0 Å². The van der Waals surface area contributed by atoms with Crippen LogP contribution in [0.5, 0.6) is 0 Å². The topological polar surface area (TPSA) is 529 Å². The van der Waals surface area contributed by atoms with Crippen LogP contribution in [-0.2, 0) is 81.6 Å². The summed E-state index contributed by atoms with van der Waals surface area (Å²) in [7, 11) is 0. The van der Waals surface area contributed by atoms with E-state index in [1.54, 1.807) is 36.6 Å². The van der Waals surface area contributed by atoms with Crippen LogP contribution in [0.3, 0.4) is 0 Å². The number of aromatic amines is 2. The van der Waals surface area contributed by atoms with E-state index < -0.39 is 189 Å². The highest BCUT2D eigenvalue weighted by Crippen LogP contribution is 2.12. The van der Waals surface area contributed by atoms with Gasteiger partial charge in [0.1, 0.15) is 48.3 Å². The molecule has 0 spiro atoms. The predicted octanol–water partition coefficient (Wildman–Crippen LogP) is -4.56. The normalized spacial score (nSPS) is 14.6. The van der Waals surface area contributed by atoms with Crippen molar-refractivity contribution in [3.8, 4) is 0 Å². The van der Waals surface area contributed by atoms with Crippen molar-refractivity contribution in [2.24, 2.45) is 11.5 Å². The Labute approximate surface area is 478 Å². The number of benzene rings is 1. The Morgan fingerprint density at radius 1 is 0.506 bits per heavy atom. The summed E-state index contributed by atoms with van der Waals surface area (Å²) in [5.74, 6) is -15.2. The molecule has 0 radical (unpaired) electrons. The summed E-state index contributed by atoms with van der Waals surface area (Å²) in [6, 6.07) is -6.74. The molecule has 2 aromatic heterocycles. The van der Waals surface area contributed by atoms with E-state index in [1.807, 2.05) is 0 Å². The van der Waals surface area contributed by atoms with Gasteiger partial charge in [0.05, 0.1) is 24.8 Å². The smallest absolute Gasteiger partial charge is 0.326 e. The van der Waals surface area contributed by atoms with Crippen molar-refractivity contribution in [3.05, 3.63) is 72.3 Å². The van der Waals surface area contributed by atoms with E-state index in [1.165, 1.54) is 36.8 Å². The first-order chi connectivity index (χ1) is 39.3. The molecule has 33 heteroatoms. The monoisotopic (exact) mass is 1190 g/mol. The Morgan fingerprint density at radius 2 is 0.880 bits per heavy atom. The quantitative estimate of drug-likeness (QED) is 0.0256. The fourth-order valence-electron chi connectivity index (χ4n) is 7.80. The van der Waals surface area contributed by atoms with E-state index in [0.29, 0.717) is 11.3 Å². The summed E-state index contributed by atoms with van der Waals surface area (Å²) in [5, 5.41) is 67.7. The number of rotatable bonds is 39. The minimum Gasteiger partial charge on any atom is -0.481 e. The molecular formula is C50H70N14O18S. The van der Waals surface area contributed by atoms with Gasteiger partial charge in [-0.3, -0.25) is 57.5 Å². The molecule has 1 aromatic carbocycles. The summed E-state index contributed by atoms with van der Waals surface area (Å²) in [5.41, 5.74) is 12.5. The zero-order valence-electron chi connectivity index (χ0n) is 45.2. The van der Waals surface area contributed by atoms with Gasteiger partial charge in [-0.25, -0.2) is 14.8 Å². The zero-order valence-corrected chi connectivity index (χ0v) is 46.0. The fourth-order valence-corrected chi connectivity index (χ4v) is 8.29. The number of H-pyrrole nitrogens is 2. The van der Waals surface area contributed by atoms with Crippen LogP contribution >= 0.6 is 11.8 Å². The van der Waals surface area contributed by atoms with Gasteiger partial charge in [0.2, 0.25) is 53.2 Å². The molecule has 0 aliphatic rings. The molecule has 454 valence electrons. The Hall–Kier alpha value is -8.98. The first-order valence-corrected chi connectivity index (χ1v) is 27.2. The minimum atomic E-state index is -2.03. The maximum Gasteiger partial charge on any atom is 0.326 e. The fraction of sp³-hybridized carbons (Fsp3) is 0.500. The van der Waals surface area contributed by atoms with Crippen molar-refractivity contribution >= 4 is 88.8 Å². The third-order valence-corrected chi connectivity index (χ3v) is 12.9. The largest absolute Gasteiger partial charge is 0.481 e. The number of carboxylic acids is 4. The molecule has 0 aliphatic carbocycles. The Morgan fingerprint density at radius 3 is 1.28 bits per heavy atom. The van der Waals surface area contributed by atoms with Crippen molar-refractivity contribution < 1.29 is 87.9 Å². The van der Waals surface area contributed by atoms with Gasteiger partial charge in [-0.05, 0) is 56.6 Å². The Kier molecular flexibility index (Phi) is 28.8. The molecule has 0 saturated heterocycles. The third-order valence-electron chi connectivity index (χ3n) is 12.3. The second-order valence-corrected chi connectivity index (χ2v) is 19.9. The number of nitrogens with two attached hydrogens (primary N) is 2. The number of hydrogen-bond donors (Lipinski definition) is 17. The number of aromatic nitrogens is 4. The van der Waals surface area contributed by atoms with Gasteiger partial charge < -0.3 is 89.5 Å². The lowest BCUT2D eigenvalue weighted by Gasteiger charge is -2.28. The van der Waals surface area contributed by atoms with Gasteiger partial charge in [0.15, 0.2) is 0 Å². The van der Waals surface area contributed by atoms with Gasteiger partial charge in [-0.2, -0.15) is 11.8 Å². The maximum atomic E-state index is 14.4. The second-order valence-electron chi connectivity index (χ2n) is 18.9. The predicted molar refractivity (Wildman–Crippen MR) is 290 cm³/mol. The molecule has 3 rings (SSSR count). The number of aliphatic carboxylic acids is 4. The minimum absolute atomic E-state index is 0.218. The highest BCUT2D eigenvalue weighted by molar-refractivity contribution is 7.98. The van der Waals surface area contributed by atoms with E-state index >= 15 is 0 Å². The molecule has 10 atom stereocenters. The van der Waals surface area contributed by atoms with Crippen molar-refractivity contribution in [3.63, 3.8) is 0 Å². The molecule has 0 aliphatic heterocycles. The molecular weight excluding hydrogens is 1120 g/mol. The van der Waals surface area contributed by atoms with Gasteiger partial charge >= 0.3 is 23.9 Å². The average molecular weight is 1190 g/mol.